The van der Waals surface area contributed by atoms with Gasteiger partial charge in [0.25, 0.3) is 5.91 Å². The number of rotatable bonds is 4. The van der Waals surface area contributed by atoms with Crippen molar-refractivity contribution in [3.05, 3.63) is 52.8 Å². The third-order valence-corrected chi connectivity index (χ3v) is 7.88. The fraction of sp³-hybridized carbons (Fsp3) is 0.593. The predicted molar refractivity (Wildman–Crippen MR) is 130 cm³/mol. The number of likely N-dealkylation sites (tertiary alicyclic amines) is 1. The summed E-state index contributed by atoms with van der Waals surface area (Å²) in [5.41, 5.74) is 4.02. The van der Waals surface area contributed by atoms with E-state index in [0.29, 0.717) is 25.5 Å². The van der Waals surface area contributed by atoms with E-state index in [2.05, 4.69) is 18.1 Å². The first-order chi connectivity index (χ1) is 16.2. The maximum Gasteiger partial charge on any atom is 0.253 e. The van der Waals surface area contributed by atoms with E-state index in [9.17, 15) is 9.59 Å². The number of aromatic nitrogens is 2. The number of ether oxygens (including phenoxy) is 1. The molecule has 2 amide bonds. The normalized spacial score (nSPS) is 26.1. The molecule has 7 heteroatoms. The van der Waals surface area contributed by atoms with E-state index in [-0.39, 0.29) is 29.4 Å². The molecule has 1 aliphatic carbocycles. The molecule has 0 N–H and O–H groups in total. The lowest BCUT2D eigenvalue weighted by Gasteiger charge is -2.37. The van der Waals surface area contributed by atoms with Gasteiger partial charge in [-0.25, -0.2) is 0 Å². The Hall–Kier alpha value is -2.67. The number of amides is 2. The fourth-order valence-corrected chi connectivity index (χ4v) is 5.98. The van der Waals surface area contributed by atoms with E-state index in [1.807, 2.05) is 59.5 Å². The smallest absolute Gasteiger partial charge is 0.253 e. The molecular formula is C27H36N4O3. The van der Waals surface area contributed by atoms with Crippen LogP contribution in [-0.4, -0.2) is 69.8 Å². The highest BCUT2D eigenvalue weighted by atomic mass is 16.5. The Bertz CT molecular complexity index is 1080. The van der Waals surface area contributed by atoms with Crippen LogP contribution in [0.15, 0.2) is 30.3 Å². The van der Waals surface area contributed by atoms with Crippen LogP contribution in [-0.2, 0) is 16.1 Å². The van der Waals surface area contributed by atoms with Gasteiger partial charge < -0.3 is 14.5 Å². The SMILES string of the molecule is Cc1cc(C)n(Cc2cccc(C(=O)N3CCC4(CC3)CC4C(=O)N3C[C@@H](C)O[C@@H](C)C3)c2)n1. The third-order valence-electron chi connectivity index (χ3n) is 7.88. The second-order valence-corrected chi connectivity index (χ2v) is 10.7. The molecule has 0 radical (unpaired) electrons. The van der Waals surface area contributed by atoms with Gasteiger partial charge in [-0.1, -0.05) is 12.1 Å². The standard InChI is InChI=1S/C27H36N4O3/c1-18-12-19(2)31(28-18)17-22-6-5-7-23(13-22)25(32)29-10-8-27(9-11-29)14-24(27)26(33)30-15-20(3)34-21(4)16-30/h5-7,12-13,20-21,24H,8-11,14-17H2,1-4H3/t20-,21+,24?. The minimum Gasteiger partial charge on any atom is -0.372 e. The number of piperidine rings is 1. The summed E-state index contributed by atoms with van der Waals surface area (Å²) < 4.78 is 7.77. The quantitative estimate of drug-likeness (QED) is 0.695. The third kappa shape index (κ3) is 4.50. The Morgan fingerprint density at radius 3 is 2.41 bits per heavy atom. The van der Waals surface area contributed by atoms with Crippen LogP contribution in [0.25, 0.3) is 0 Å². The fourth-order valence-electron chi connectivity index (χ4n) is 5.98. The van der Waals surface area contributed by atoms with Crippen LogP contribution in [0, 0.1) is 25.2 Å². The van der Waals surface area contributed by atoms with Crippen molar-refractivity contribution < 1.29 is 14.3 Å². The molecule has 2 saturated heterocycles. The number of aryl methyl sites for hydroxylation is 2. The van der Waals surface area contributed by atoms with Gasteiger partial charge in [-0.15, -0.1) is 0 Å². The Morgan fingerprint density at radius 2 is 1.76 bits per heavy atom. The molecular weight excluding hydrogens is 428 g/mol. The highest BCUT2D eigenvalue weighted by Crippen LogP contribution is 2.60. The van der Waals surface area contributed by atoms with Gasteiger partial charge in [-0.2, -0.15) is 5.10 Å². The van der Waals surface area contributed by atoms with Gasteiger partial charge in [-0.3, -0.25) is 14.3 Å². The summed E-state index contributed by atoms with van der Waals surface area (Å²) in [4.78, 5) is 30.4. The van der Waals surface area contributed by atoms with Crippen molar-refractivity contribution in [2.45, 2.75) is 65.7 Å². The molecule has 182 valence electrons. The summed E-state index contributed by atoms with van der Waals surface area (Å²) in [6.07, 6.45) is 2.98. The number of carbonyl (C=O) groups is 2. The van der Waals surface area contributed by atoms with Crippen LogP contribution in [0.1, 0.15) is 60.4 Å². The minimum atomic E-state index is 0.0874. The maximum atomic E-state index is 13.3. The van der Waals surface area contributed by atoms with Crippen LogP contribution in [0.3, 0.4) is 0 Å². The topological polar surface area (TPSA) is 67.7 Å². The van der Waals surface area contributed by atoms with Crippen molar-refractivity contribution in [3.63, 3.8) is 0 Å². The first-order valence-electron chi connectivity index (χ1n) is 12.6. The first kappa shape index (κ1) is 23.1. The summed E-state index contributed by atoms with van der Waals surface area (Å²) in [5, 5.41) is 4.54. The summed E-state index contributed by atoms with van der Waals surface area (Å²) in [7, 11) is 0. The van der Waals surface area contributed by atoms with Gasteiger partial charge in [0.15, 0.2) is 0 Å². The zero-order valence-electron chi connectivity index (χ0n) is 20.8. The van der Waals surface area contributed by atoms with Crippen LogP contribution in [0.2, 0.25) is 0 Å². The van der Waals surface area contributed by atoms with E-state index in [4.69, 9.17) is 4.74 Å². The molecule has 7 nitrogen and oxygen atoms in total. The second kappa shape index (κ2) is 8.84. The van der Waals surface area contributed by atoms with Gasteiger partial charge in [0, 0.05) is 43.4 Å². The predicted octanol–water partition coefficient (Wildman–Crippen LogP) is 3.43. The van der Waals surface area contributed by atoms with E-state index in [0.717, 1.165) is 54.9 Å². The minimum absolute atomic E-state index is 0.0874. The van der Waals surface area contributed by atoms with Crippen molar-refractivity contribution >= 4 is 11.8 Å². The summed E-state index contributed by atoms with van der Waals surface area (Å²) in [6.45, 7) is 11.6. The van der Waals surface area contributed by atoms with E-state index < -0.39 is 0 Å². The van der Waals surface area contributed by atoms with Crippen LogP contribution in [0.5, 0.6) is 0 Å². The van der Waals surface area contributed by atoms with Gasteiger partial charge in [0.1, 0.15) is 0 Å². The Morgan fingerprint density at radius 1 is 1.06 bits per heavy atom. The van der Waals surface area contributed by atoms with E-state index >= 15 is 0 Å². The molecule has 0 bridgehead atoms. The molecule has 1 spiro atoms. The molecule has 5 rings (SSSR count). The van der Waals surface area contributed by atoms with Gasteiger partial charge in [0.05, 0.1) is 24.4 Å². The average molecular weight is 465 g/mol. The van der Waals surface area contributed by atoms with Crippen molar-refractivity contribution in [1.82, 2.24) is 19.6 Å². The van der Waals surface area contributed by atoms with Crippen molar-refractivity contribution in [2.24, 2.45) is 11.3 Å². The monoisotopic (exact) mass is 464 g/mol. The summed E-state index contributed by atoms with van der Waals surface area (Å²) in [6, 6.07) is 9.97. The van der Waals surface area contributed by atoms with Crippen LogP contribution in [0.4, 0.5) is 0 Å². The number of morpholine rings is 1. The number of hydrogen-bond acceptors (Lipinski definition) is 4. The highest BCUT2D eigenvalue weighted by molar-refractivity contribution is 5.94. The molecule has 1 saturated carbocycles. The molecule has 1 aromatic heterocycles. The highest BCUT2D eigenvalue weighted by Gasteiger charge is 2.59. The molecule has 3 heterocycles. The zero-order valence-corrected chi connectivity index (χ0v) is 20.8. The molecule has 34 heavy (non-hydrogen) atoms. The average Bonchev–Trinajstić information content (AvgIpc) is 3.40. The van der Waals surface area contributed by atoms with Crippen LogP contribution < -0.4 is 0 Å². The Labute approximate surface area is 202 Å². The molecule has 3 fully saturated rings. The number of nitrogens with zero attached hydrogens (tertiary/aromatic N) is 4. The van der Waals surface area contributed by atoms with Gasteiger partial charge >= 0.3 is 0 Å². The van der Waals surface area contributed by atoms with Gasteiger partial charge in [0.2, 0.25) is 5.91 Å². The lowest BCUT2D eigenvalue weighted by Crippen LogP contribution is -2.49. The molecule has 1 unspecified atom stereocenters. The molecule has 2 aliphatic heterocycles. The first-order valence-corrected chi connectivity index (χ1v) is 12.6. The van der Waals surface area contributed by atoms with E-state index in [1.54, 1.807) is 0 Å². The number of benzene rings is 1. The molecule has 3 atom stereocenters. The lowest BCUT2D eigenvalue weighted by atomic mass is 9.90. The molecule has 3 aliphatic rings. The lowest BCUT2D eigenvalue weighted by molar-refractivity contribution is -0.145. The van der Waals surface area contributed by atoms with Gasteiger partial charge in [-0.05, 0) is 76.1 Å². The zero-order chi connectivity index (χ0) is 24.0. The molecule has 1 aromatic carbocycles. The second-order valence-electron chi connectivity index (χ2n) is 10.7. The molecule has 2 aromatic rings. The Kier molecular flexibility index (Phi) is 6.00. The van der Waals surface area contributed by atoms with E-state index in [1.165, 1.54) is 0 Å². The van der Waals surface area contributed by atoms with Crippen molar-refractivity contribution in [2.75, 3.05) is 26.2 Å². The summed E-state index contributed by atoms with van der Waals surface area (Å²) >= 11 is 0. The summed E-state index contributed by atoms with van der Waals surface area (Å²) in [5.74, 6) is 0.495. The number of hydrogen-bond donors (Lipinski definition) is 0. The van der Waals surface area contributed by atoms with Crippen LogP contribution >= 0.6 is 0 Å². The largest absolute Gasteiger partial charge is 0.372 e. The number of carbonyl (C=O) groups excluding carboxylic acids is 2. The van der Waals surface area contributed by atoms with Crippen molar-refractivity contribution in [1.29, 1.82) is 0 Å². The van der Waals surface area contributed by atoms with Crippen molar-refractivity contribution in [3.8, 4) is 0 Å². The maximum absolute atomic E-state index is 13.3. The Balaban J connectivity index is 1.18.